The maximum Gasteiger partial charge on any atom is 0.0997 e. The van der Waals surface area contributed by atoms with Gasteiger partial charge in [0.1, 0.15) is 0 Å². The number of nitrogens with zero attached hydrogens (tertiary/aromatic N) is 4. The largest absolute Gasteiger partial charge is 0.314 e. The normalized spacial score (nSPS) is 11.3. The van der Waals surface area contributed by atoms with Crippen LogP contribution in [0.15, 0.2) is 61.1 Å². The number of hydrogen-bond donors (Lipinski definition) is 0. The Hall–Kier alpha value is -2.62. The van der Waals surface area contributed by atoms with Crippen molar-refractivity contribution >= 4 is 16.4 Å². The maximum absolute atomic E-state index is 4.11. The van der Waals surface area contributed by atoms with Crippen LogP contribution in [0.1, 0.15) is 0 Å². The van der Waals surface area contributed by atoms with E-state index in [0.717, 1.165) is 11.2 Å². The highest BCUT2D eigenvalue weighted by atomic mass is 15.4. The van der Waals surface area contributed by atoms with E-state index < -0.39 is 0 Å². The molecule has 18 heavy (non-hydrogen) atoms. The van der Waals surface area contributed by atoms with Gasteiger partial charge in [-0.15, -0.1) is 5.10 Å². The molecule has 0 saturated carbocycles. The first-order valence-corrected chi connectivity index (χ1v) is 5.79. The predicted octanol–water partition coefficient (Wildman–Crippen LogP) is 2.67. The average Bonchev–Trinajstić information content (AvgIpc) is 3.03. The highest BCUT2D eigenvalue weighted by Crippen LogP contribution is 2.28. The summed E-state index contributed by atoms with van der Waals surface area (Å²) >= 11 is 0. The van der Waals surface area contributed by atoms with Crippen molar-refractivity contribution in [1.29, 1.82) is 0 Å². The van der Waals surface area contributed by atoms with Crippen LogP contribution in [0.2, 0.25) is 0 Å². The molecule has 4 heteroatoms. The van der Waals surface area contributed by atoms with Crippen LogP contribution in [0.5, 0.6) is 0 Å². The molecule has 86 valence electrons. The van der Waals surface area contributed by atoms with E-state index in [1.54, 1.807) is 6.20 Å². The summed E-state index contributed by atoms with van der Waals surface area (Å²) in [6.45, 7) is 0. The van der Waals surface area contributed by atoms with Crippen LogP contribution in [0.3, 0.4) is 0 Å². The van der Waals surface area contributed by atoms with Crippen molar-refractivity contribution in [2.45, 2.75) is 0 Å². The van der Waals surface area contributed by atoms with Crippen LogP contribution in [-0.2, 0) is 0 Å². The van der Waals surface area contributed by atoms with Crippen LogP contribution < -0.4 is 0 Å². The monoisotopic (exact) mass is 234 g/mol. The Morgan fingerprint density at radius 1 is 0.833 bits per heavy atom. The first-order valence-electron chi connectivity index (χ1n) is 5.79. The van der Waals surface area contributed by atoms with Crippen molar-refractivity contribution in [3.63, 3.8) is 0 Å². The molecule has 0 aliphatic heterocycles. The Morgan fingerprint density at radius 2 is 1.67 bits per heavy atom. The Morgan fingerprint density at radius 3 is 2.56 bits per heavy atom. The van der Waals surface area contributed by atoms with Crippen molar-refractivity contribution in [3.05, 3.63) is 61.1 Å². The van der Waals surface area contributed by atoms with Gasteiger partial charge < -0.3 is 4.40 Å². The van der Waals surface area contributed by atoms with Crippen molar-refractivity contribution < 1.29 is 0 Å². The van der Waals surface area contributed by atoms with Crippen LogP contribution >= 0.6 is 0 Å². The molecule has 4 aromatic rings. The van der Waals surface area contributed by atoms with Gasteiger partial charge in [0.15, 0.2) is 0 Å². The molecule has 0 atom stereocenters. The molecule has 0 aliphatic carbocycles. The summed E-state index contributed by atoms with van der Waals surface area (Å²) in [6, 6.07) is 14.5. The Balaban J connectivity index is 2.28. The van der Waals surface area contributed by atoms with Gasteiger partial charge in [0.05, 0.1) is 29.1 Å². The van der Waals surface area contributed by atoms with E-state index in [-0.39, 0.29) is 0 Å². The minimum absolute atomic E-state index is 1.07. The second-order valence-corrected chi connectivity index (χ2v) is 4.17. The van der Waals surface area contributed by atoms with Gasteiger partial charge in [-0.2, -0.15) is 0 Å². The molecular formula is C14H10N4. The van der Waals surface area contributed by atoms with Crippen LogP contribution in [0.25, 0.3) is 22.1 Å². The number of pyridine rings is 1. The van der Waals surface area contributed by atoms with Crippen molar-refractivity contribution in [3.8, 4) is 5.69 Å². The zero-order chi connectivity index (χ0) is 11.9. The molecule has 0 unspecified atom stereocenters. The predicted molar refractivity (Wildman–Crippen MR) is 69.8 cm³/mol. The van der Waals surface area contributed by atoms with Gasteiger partial charge in [0.2, 0.25) is 0 Å². The van der Waals surface area contributed by atoms with E-state index in [4.69, 9.17) is 0 Å². The standard InChI is InChI=1S/C14H10N4/c1-2-6-12-11(5-1)14(18-10-8-15-16-18)13-7-3-4-9-17(12)13/h1-10H. The summed E-state index contributed by atoms with van der Waals surface area (Å²) in [5.74, 6) is 0. The third kappa shape index (κ3) is 1.14. The van der Waals surface area contributed by atoms with E-state index in [1.807, 2.05) is 35.1 Å². The van der Waals surface area contributed by atoms with Crippen LogP contribution in [-0.4, -0.2) is 19.4 Å². The lowest BCUT2D eigenvalue weighted by molar-refractivity contribution is 0.812. The van der Waals surface area contributed by atoms with E-state index in [9.17, 15) is 0 Å². The summed E-state index contributed by atoms with van der Waals surface area (Å²) in [6.07, 6.45) is 5.63. The number of fused-ring (bicyclic) bond motifs is 3. The van der Waals surface area contributed by atoms with Crippen molar-refractivity contribution in [2.24, 2.45) is 0 Å². The van der Waals surface area contributed by atoms with Gasteiger partial charge >= 0.3 is 0 Å². The summed E-state index contributed by atoms with van der Waals surface area (Å²) in [4.78, 5) is 0. The molecular weight excluding hydrogens is 224 g/mol. The molecule has 0 saturated heterocycles. The van der Waals surface area contributed by atoms with Gasteiger partial charge in [0.25, 0.3) is 0 Å². The van der Waals surface area contributed by atoms with Crippen molar-refractivity contribution in [1.82, 2.24) is 19.4 Å². The second-order valence-electron chi connectivity index (χ2n) is 4.17. The van der Waals surface area contributed by atoms with Crippen LogP contribution in [0, 0.1) is 0 Å². The lowest BCUT2D eigenvalue weighted by Gasteiger charge is -1.98. The lowest BCUT2D eigenvalue weighted by atomic mass is 10.2. The molecule has 4 nitrogen and oxygen atoms in total. The molecule has 4 rings (SSSR count). The maximum atomic E-state index is 4.11. The fourth-order valence-electron chi connectivity index (χ4n) is 2.44. The number of rotatable bonds is 1. The number of hydrogen-bond acceptors (Lipinski definition) is 2. The zero-order valence-electron chi connectivity index (χ0n) is 9.56. The average molecular weight is 234 g/mol. The van der Waals surface area contributed by atoms with Crippen LogP contribution in [0.4, 0.5) is 0 Å². The molecule has 0 aliphatic rings. The molecule has 3 heterocycles. The van der Waals surface area contributed by atoms with E-state index in [2.05, 4.69) is 39.1 Å². The van der Waals surface area contributed by atoms with Gasteiger partial charge in [0, 0.05) is 11.6 Å². The fourth-order valence-corrected chi connectivity index (χ4v) is 2.44. The SMILES string of the molecule is c1ccc2c(c1)c(-n1ccnn1)c1ccccn12. The number of benzene rings is 1. The van der Waals surface area contributed by atoms with Gasteiger partial charge in [-0.25, -0.2) is 4.68 Å². The topological polar surface area (TPSA) is 35.1 Å². The minimum Gasteiger partial charge on any atom is -0.314 e. The molecule has 0 N–H and O–H groups in total. The molecule has 3 aromatic heterocycles. The smallest absolute Gasteiger partial charge is 0.0997 e. The van der Waals surface area contributed by atoms with E-state index >= 15 is 0 Å². The molecule has 0 fully saturated rings. The van der Waals surface area contributed by atoms with Crippen molar-refractivity contribution in [2.75, 3.05) is 0 Å². The zero-order valence-corrected chi connectivity index (χ0v) is 9.56. The first kappa shape index (κ1) is 9.41. The third-order valence-corrected chi connectivity index (χ3v) is 3.17. The lowest BCUT2D eigenvalue weighted by Crippen LogP contribution is -1.94. The Bertz CT molecular complexity index is 774. The Labute approximate surface area is 103 Å². The van der Waals surface area contributed by atoms with E-state index in [1.165, 1.54) is 10.9 Å². The first-order chi connectivity index (χ1) is 8.95. The van der Waals surface area contributed by atoms with Gasteiger partial charge in [-0.05, 0) is 18.2 Å². The molecule has 0 bridgehead atoms. The Kier molecular flexibility index (Phi) is 1.80. The summed E-state index contributed by atoms with van der Waals surface area (Å²) in [7, 11) is 0. The van der Waals surface area contributed by atoms with Gasteiger partial charge in [-0.1, -0.05) is 29.5 Å². The fraction of sp³-hybridized carbons (Fsp3) is 0. The summed E-state index contributed by atoms with van der Waals surface area (Å²) < 4.78 is 3.99. The number of para-hydroxylation sites is 1. The molecule has 1 aromatic carbocycles. The molecule has 0 spiro atoms. The summed E-state index contributed by atoms with van der Waals surface area (Å²) in [5, 5.41) is 9.18. The quantitative estimate of drug-likeness (QED) is 0.507. The van der Waals surface area contributed by atoms with Gasteiger partial charge in [-0.3, -0.25) is 0 Å². The second kappa shape index (κ2) is 3.43. The highest BCUT2D eigenvalue weighted by Gasteiger charge is 2.12. The molecule has 0 amide bonds. The molecule has 0 radical (unpaired) electrons. The third-order valence-electron chi connectivity index (χ3n) is 3.17. The number of aromatic nitrogens is 4. The minimum atomic E-state index is 1.07. The summed E-state index contributed by atoms with van der Waals surface area (Å²) in [5.41, 5.74) is 3.38. The van der Waals surface area contributed by atoms with E-state index in [0.29, 0.717) is 0 Å². The highest BCUT2D eigenvalue weighted by molar-refractivity contribution is 5.98.